The zero-order chi connectivity index (χ0) is 26.1. The van der Waals surface area contributed by atoms with Crippen LogP contribution in [0.1, 0.15) is 12.0 Å². The van der Waals surface area contributed by atoms with Crippen LogP contribution < -0.4 is 9.46 Å². The fourth-order valence-corrected chi connectivity index (χ4v) is 6.33. The molecule has 1 aliphatic rings. The van der Waals surface area contributed by atoms with Crippen molar-refractivity contribution in [2.24, 2.45) is 0 Å². The highest BCUT2D eigenvalue weighted by molar-refractivity contribution is 7.99. The van der Waals surface area contributed by atoms with Crippen LogP contribution in [0.3, 0.4) is 0 Å². The summed E-state index contributed by atoms with van der Waals surface area (Å²) in [6.07, 6.45) is -4.48. The third kappa shape index (κ3) is 6.80. The van der Waals surface area contributed by atoms with Crippen molar-refractivity contribution in [2.45, 2.75) is 33.4 Å². The molecule has 0 bridgehead atoms. The Morgan fingerprint density at radius 1 is 1.00 bits per heavy atom. The second kappa shape index (κ2) is 10.7. The van der Waals surface area contributed by atoms with Crippen molar-refractivity contribution in [1.82, 2.24) is 4.90 Å². The van der Waals surface area contributed by atoms with Crippen molar-refractivity contribution in [2.75, 3.05) is 24.9 Å². The average molecular weight is 577 g/mol. The average Bonchev–Trinajstić information content (AvgIpc) is 3.17. The van der Waals surface area contributed by atoms with E-state index in [9.17, 15) is 21.6 Å². The van der Waals surface area contributed by atoms with Crippen LogP contribution in [0.25, 0.3) is 0 Å². The molecule has 1 N–H and O–H groups in total. The lowest BCUT2D eigenvalue weighted by Crippen LogP contribution is -2.23. The Morgan fingerprint density at radius 2 is 1.67 bits per heavy atom. The fraction of sp³-hybridized carbons (Fsp3) is 0.250. The van der Waals surface area contributed by atoms with E-state index in [0.717, 1.165) is 28.0 Å². The van der Waals surface area contributed by atoms with Crippen LogP contribution in [0.2, 0.25) is 10.0 Å². The third-order valence-corrected chi connectivity index (χ3v) is 8.20. The molecule has 1 atom stereocenters. The first-order chi connectivity index (χ1) is 16.9. The summed E-state index contributed by atoms with van der Waals surface area (Å²) >= 11 is 13.4. The summed E-state index contributed by atoms with van der Waals surface area (Å²) in [5, 5.41) is 0.960. The van der Waals surface area contributed by atoms with E-state index in [2.05, 4.69) is 4.72 Å². The topological polar surface area (TPSA) is 58.6 Å². The molecule has 1 unspecified atom stereocenters. The van der Waals surface area contributed by atoms with Gasteiger partial charge in [-0.2, -0.15) is 13.2 Å². The quantitative estimate of drug-likeness (QED) is 0.326. The Labute approximate surface area is 221 Å². The minimum absolute atomic E-state index is 0.0311. The minimum atomic E-state index is -4.64. The number of ether oxygens (including phenoxy) is 1. The first-order valence-electron chi connectivity index (χ1n) is 10.7. The van der Waals surface area contributed by atoms with Crippen LogP contribution >= 0.6 is 35.0 Å². The number of alkyl halides is 3. The lowest BCUT2D eigenvalue weighted by Gasteiger charge is -2.19. The number of sulfonamides is 1. The van der Waals surface area contributed by atoms with E-state index in [1.54, 1.807) is 30.3 Å². The van der Waals surface area contributed by atoms with Gasteiger partial charge >= 0.3 is 6.18 Å². The predicted molar refractivity (Wildman–Crippen MR) is 136 cm³/mol. The molecule has 3 aromatic carbocycles. The molecule has 12 heteroatoms. The maximum absolute atomic E-state index is 13.5. The summed E-state index contributed by atoms with van der Waals surface area (Å²) < 4.78 is 74.4. The Kier molecular flexibility index (Phi) is 8.01. The molecule has 0 aliphatic carbocycles. The summed E-state index contributed by atoms with van der Waals surface area (Å²) in [6, 6.07) is 14.1. The predicted octanol–water partition coefficient (Wildman–Crippen LogP) is 7.05. The van der Waals surface area contributed by atoms with Crippen LogP contribution in [-0.4, -0.2) is 39.6 Å². The van der Waals surface area contributed by atoms with Crippen molar-refractivity contribution < 1.29 is 26.3 Å². The van der Waals surface area contributed by atoms with Crippen LogP contribution in [0.5, 0.6) is 5.75 Å². The van der Waals surface area contributed by atoms with Gasteiger partial charge in [0.25, 0.3) is 10.0 Å². The largest absolute Gasteiger partial charge is 0.488 e. The second-order valence-corrected chi connectivity index (χ2v) is 12.0. The van der Waals surface area contributed by atoms with E-state index in [1.165, 1.54) is 23.9 Å². The number of anilines is 1. The Hall–Kier alpha value is -2.11. The zero-order valence-electron chi connectivity index (χ0n) is 18.9. The molecule has 0 aromatic heterocycles. The molecule has 1 aliphatic heterocycles. The van der Waals surface area contributed by atoms with E-state index in [-0.39, 0.29) is 10.6 Å². The molecule has 0 spiro atoms. The first kappa shape index (κ1) is 26.9. The van der Waals surface area contributed by atoms with Gasteiger partial charge in [0, 0.05) is 39.0 Å². The van der Waals surface area contributed by atoms with Crippen molar-refractivity contribution in [3.05, 3.63) is 76.3 Å². The Balaban J connectivity index is 1.52. The molecule has 5 nitrogen and oxygen atoms in total. The number of nitrogens with one attached hydrogen (secondary N) is 1. The first-order valence-corrected chi connectivity index (χ1v) is 13.8. The van der Waals surface area contributed by atoms with E-state index in [0.29, 0.717) is 29.6 Å². The number of rotatable bonds is 7. The summed E-state index contributed by atoms with van der Waals surface area (Å²) in [7, 11) is -2.21. The number of hydrogen-bond donors (Lipinski definition) is 1. The van der Waals surface area contributed by atoms with E-state index in [1.807, 2.05) is 11.9 Å². The van der Waals surface area contributed by atoms with Gasteiger partial charge in [0.2, 0.25) is 0 Å². The van der Waals surface area contributed by atoms with Gasteiger partial charge in [-0.25, -0.2) is 8.42 Å². The van der Waals surface area contributed by atoms with E-state index >= 15 is 0 Å². The third-order valence-electron chi connectivity index (χ3n) is 5.39. The molecule has 1 saturated heterocycles. The molecule has 0 radical (unpaired) electrons. The number of halogens is 5. The monoisotopic (exact) mass is 576 g/mol. The maximum Gasteiger partial charge on any atom is 0.419 e. The summed E-state index contributed by atoms with van der Waals surface area (Å²) in [4.78, 5) is 3.44. The minimum Gasteiger partial charge on any atom is -0.488 e. The highest BCUT2D eigenvalue weighted by atomic mass is 35.5. The van der Waals surface area contributed by atoms with E-state index in [4.69, 9.17) is 27.9 Å². The fourth-order valence-electron chi connectivity index (χ4n) is 3.71. The molecule has 4 rings (SSSR count). The van der Waals surface area contributed by atoms with Gasteiger partial charge in [-0.05, 0) is 68.1 Å². The SMILES string of the molecule is CN1CCC(Oc2cc(NS(=O)(=O)c3ccc(Sc4cc(Cl)cc(Cl)c4)cc3)ccc2C(F)(F)F)C1. The van der Waals surface area contributed by atoms with Gasteiger partial charge in [-0.1, -0.05) is 35.0 Å². The number of nitrogens with zero attached hydrogens (tertiary/aromatic N) is 1. The summed E-state index contributed by atoms with van der Waals surface area (Å²) in [5.74, 6) is -0.407. The zero-order valence-corrected chi connectivity index (χ0v) is 22.0. The van der Waals surface area contributed by atoms with Gasteiger partial charge in [0.1, 0.15) is 11.9 Å². The van der Waals surface area contributed by atoms with E-state index < -0.39 is 33.6 Å². The Bertz CT molecular complexity index is 1330. The van der Waals surface area contributed by atoms with Crippen LogP contribution in [0, 0.1) is 0 Å². The molecule has 36 heavy (non-hydrogen) atoms. The normalized spacial score (nSPS) is 16.8. The number of likely N-dealkylation sites (N-methyl/N-ethyl adjacent to an activating group) is 1. The van der Waals surface area contributed by atoms with Crippen molar-refractivity contribution >= 4 is 50.7 Å². The smallest absolute Gasteiger partial charge is 0.419 e. The van der Waals surface area contributed by atoms with Crippen LogP contribution in [-0.2, 0) is 16.2 Å². The number of likely N-dealkylation sites (tertiary alicyclic amines) is 1. The maximum atomic E-state index is 13.5. The van der Waals surface area contributed by atoms with Gasteiger partial charge in [0.15, 0.2) is 0 Å². The molecule has 0 amide bonds. The van der Waals surface area contributed by atoms with Crippen molar-refractivity contribution in [3.63, 3.8) is 0 Å². The molecule has 1 heterocycles. The molecule has 1 fully saturated rings. The lowest BCUT2D eigenvalue weighted by molar-refractivity contribution is -0.139. The molecular weight excluding hydrogens is 556 g/mol. The lowest BCUT2D eigenvalue weighted by atomic mass is 10.1. The summed E-state index contributed by atoms with van der Waals surface area (Å²) in [6.45, 7) is 1.19. The standard InChI is InChI=1S/C24H21Cl2F3N2O3S2/c1-31-9-8-18(14-31)34-23-13-17(2-7-22(23)24(27,28)29)30-36(32,33)21-5-3-19(4-6-21)35-20-11-15(25)10-16(26)12-20/h2-7,10-13,18,30H,8-9,14H2,1H3. The van der Waals surface area contributed by atoms with Crippen molar-refractivity contribution in [1.29, 1.82) is 0 Å². The van der Waals surface area contributed by atoms with Gasteiger partial charge < -0.3 is 9.64 Å². The molecule has 0 saturated carbocycles. The second-order valence-electron chi connectivity index (χ2n) is 8.28. The van der Waals surface area contributed by atoms with Crippen LogP contribution in [0.4, 0.5) is 18.9 Å². The molecular formula is C24H21Cl2F3N2O3S2. The highest BCUT2D eigenvalue weighted by Crippen LogP contribution is 2.39. The number of benzene rings is 3. The van der Waals surface area contributed by atoms with Gasteiger partial charge in [-0.3, -0.25) is 4.72 Å². The molecule has 192 valence electrons. The number of hydrogen-bond acceptors (Lipinski definition) is 5. The van der Waals surface area contributed by atoms with Gasteiger partial charge in [-0.15, -0.1) is 0 Å². The van der Waals surface area contributed by atoms with Gasteiger partial charge in [0.05, 0.1) is 16.1 Å². The summed E-state index contributed by atoms with van der Waals surface area (Å²) in [5.41, 5.74) is -0.987. The van der Waals surface area contributed by atoms with Crippen LogP contribution in [0.15, 0.2) is 75.4 Å². The highest BCUT2D eigenvalue weighted by Gasteiger charge is 2.36. The molecule has 3 aromatic rings. The Morgan fingerprint density at radius 3 is 2.25 bits per heavy atom. The van der Waals surface area contributed by atoms with Crippen molar-refractivity contribution in [3.8, 4) is 5.75 Å².